The van der Waals surface area contributed by atoms with Crippen LogP contribution in [0.25, 0.3) is 0 Å². The molecule has 0 bridgehead atoms. The van der Waals surface area contributed by atoms with E-state index in [2.05, 4.69) is 104 Å². The molecule has 0 spiro atoms. The second-order valence-corrected chi connectivity index (χ2v) is 7.88. The van der Waals surface area contributed by atoms with E-state index in [4.69, 9.17) is 0 Å². The van der Waals surface area contributed by atoms with Gasteiger partial charge in [0.1, 0.15) is 0 Å². The molecule has 0 aromatic heterocycles. The smallest absolute Gasteiger partial charge is 0.0837 e. The molecule has 0 atom stereocenters. The fourth-order valence-electron chi connectivity index (χ4n) is 2.67. The van der Waals surface area contributed by atoms with Crippen molar-refractivity contribution < 1.29 is 0 Å². The Morgan fingerprint density at radius 2 is 1.17 bits per heavy atom. The standard InChI is InChI=1S/C21H21NSi/c1-17(2)23-21-15-9-14-20(16-21)22(18-10-5-3-6-11-18)19-12-7-4-8-13-19/h3-17H,1-2H3. The molecular weight excluding hydrogens is 294 g/mol. The molecule has 23 heavy (non-hydrogen) atoms. The lowest BCUT2D eigenvalue weighted by atomic mass is 10.2. The lowest BCUT2D eigenvalue weighted by molar-refractivity contribution is 1.07. The lowest BCUT2D eigenvalue weighted by Gasteiger charge is -2.26. The molecule has 0 saturated carbocycles. The molecule has 0 unspecified atom stereocenters. The number of hydrogen-bond acceptors (Lipinski definition) is 1. The summed E-state index contributed by atoms with van der Waals surface area (Å²) < 4.78 is 0. The Hall–Kier alpha value is -2.32. The summed E-state index contributed by atoms with van der Waals surface area (Å²) in [5, 5.41) is 1.41. The number of para-hydroxylation sites is 2. The van der Waals surface area contributed by atoms with Crippen molar-refractivity contribution in [1.82, 2.24) is 0 Å². The number of benzene rings is 3. The maximum atomic E-state index is 2.32. The van der Waals surface area contributed by atoms with Gasteiger partial charge in [-0.05, 0) is 36.4 Å². The van der Waals surface area contributed by atoms with Gasteiger partial charge in [-0.15, -0.1) is 0 Å². The Kier molecular flexibility index (Phi) is 4.94. The fourth-order valence-corrected chi connectivity index (χ4v) is 3.76. The van der Waals surface area contributed by atoms with E-state index in [1.165, 1.54) is 22.2 Å². The minimum absolute atomic E-state index is 0.687. The molecule has 0 aliphatic rings. The van der Waals surface area contributed by atoms with Crippen LogP contribution in [0.2, 0.25) is 5.54 Å². The molecule has 0 aliphatic carbocycles. The van der Waals surface area contributed by atoms with Crippen LogP contribution in [-0.4, -0.2) is 9.52 Å². The maximum Gasteiger partial charge on any atom is 0.0837 e. The average molecular weight is 315 g/mol. The summed E-state index contributed by atoms with van der Waals surface area (Å²) in [6.07, 6.45) is 0. The minimum atomic E-state index is 0.687. The van der Waals surface area contributed by atoms with E-state index in [1.807, 2.05) is 0 Å². The topological polar surface area (TPSA) is 3.24 Å². The normalized spacial score (nSPS) is 10.7. The summed E-state index contributed by atoms with van der Waals surface area (Å²) in [5.41, 5.74) is 4.27. The van der Waals surface area contributed by atoms with Crippen LogP contribution in [0.15, 0.2) is 84.9 Å². The number of rotatable bonds is 5. The number of anilines is 3. The van der Waals surface area contributed by atoms with Crippen molar-refractivity contribution in [3.63, 3.8) is 0 Å². The van der Waals surface area contributed by atoms with Crippen molar-refractivity contribution in [1.29, 1.82) is 0 Å². The van der Waals surface area contributed by atoms with Gasteiger partial charge in [-0.2, -0.15) is 0 Å². The summed E-state index contributed by atoms with van der Waals surface area (Å²) in [6.45, 7) is 4.55. The van der Waals surface area contributed by atoms with Crippen LogP contribution < -0.4 is 10.1 Å². The lowest BCUT2D eigenvalue weighted by Crippen LogP contribution is -2.19. The zero-order valence-corrected chi connectivity index (χ0v) is 14.6. The van der Waals surface area contributed by atoms with Crippen molar-refractivity contribution in [3.05, 3.63) is 84.9 Å². The minimum Gasteiger partial charge on any atom is -0.311 e. The Bertz CT molecular complexity index is 699. The molecule has 0 heterocycles. The molecule has 0 N–H and O–H groups in total. The van der Waals surface area contributed by atoms with Gasteiger partial charge >= 0.3 is 0 Å². The summed E-state index contributed by atoms with van der Waals surface area (Å²) in [6, 6.07) is 30.0. The molecule has 3 aromatic rings. The first kappa shape index (κ1) is 15.6. The zero-order valence-electron chi connectivity index (χ0n) is 13.6. The molecule has 0 aliphatic heterocycles. The van der Waals surface area contributed by atoms with Gasteiger partial charge in [0.25, 0.3) is 0 Å². The molecule has 0 fully saturated rings. The van der Waals surface area contributed by atoms with Gasteiger partial charge in [0.05, 0.1) is 9.52 Å². The molecule has 0 saturated heterocycles. The highest BCUT2D eigenvalue weighted by Crippen LogP contribution is 2.33. The Labute approximate surface area is 141 Å². The fraction of sp³-hybridized carbons (Fsp3) is 0.143. The summed E-state index contributed by atoms with van der Waals surface area (Å²) in [5.74, 6) is 0. The van der Waals surface area contributed by atoms with Crippen LogP contribution in [0.3, 0.4) is 0 Å². The van der Waals surface area contributed by atoms with Crippen molar-refractivity contribution in [2.24, 2.45) is 0 Å². The van der Waals surface area contributed by atoms with Crippen LogP contribution in [0.4, 0.5) is 17.1 Å². The second kappa shape index (κ2) is 7.29. The molecule has 3 aromatic carbocycles. The first-order valence-electron chi connectivity index (χ1n) is 8.01. The highest BCUT2D eigenvalue weighted by Gasteiger charge is 2.12. The molecular formula is C21H21NSi. The van der Waals surface area contributed by atoms with Crippen molar-refractivity contribution in [2.75, 3.05) is 4.90 Å². The molecule has 2 heteroatoms. The third-order valence-corrected chi connectivity index (χ3v) is 4.81. The summed E-state index contributed by atoms with van der Waals surface area (Å²) >= 11 is 0. The van der Waals surface area contributed by atoms with Crippen molar-refractivity contribution >= 4 is 31.8 Å². The summed E-state index contributed by atoms with van der Waals surface area (Å²) in [7, 11) is 0.839. The highest BCUT2D eigenvalue weighted by molar-refractivity contribution is 6.54. The van der Waals surface area contributed by atoms with Gasteiger partial charge in [0.2, 0.25) is 0 Å². The number of hydrogen-bond donors (Lipinski definition) is 0. The van der Waals surface area contributed by atoms with Crippen LogP contribution >= 0.6 is 0 Å². The Morgan fingerprint density at radius 1 is 0.652 bits per heavy atom. The van der Waals surface area contributed by atoms with Gasteiger partial charge in [0, 0.05) is 17.1 Å². The van der Waals surface area contributed by atoms with Gasteiger partial charge in [-0.25, -0.2) is 0 Å². The van der Waals surface area contributed by atoms with Gasteiger partial charge in [0.15, 0.2) is 0 Å². The number of nitrogens with zero attached hydrogens (tertiary/aromatic N) is 1. The Balaban J connectivity index is 2.06. The summed E-state index contributed by atoms with van der Waals surface area (Å²) in [4.78, 5) is 2.31. The Morgan fingerprint density at radius 3 is 1.70 bits per heavy atom. The third kappa shape index (κ3) is 3.91. The van der Waals surface area contributed by atoms with Crippen LogP contribution in [0, 0.1) is 0 Å². The largest absolute Gasteiger partial charge is 0.311 e. The van der Waals surface area contributed by atoms with E-state index in [1.54, 1.807) is 0 Å². The molecule has 3 rings (SSSR count). The van der Waals surface area contributed by atoms with Crippen LogP contribution in [-0.2, 0) is 0 Å². The van der Waals surface area contributed by atoms with Gasteiger partial charge in [-0.1, -0.05) is 73.1 Å². The molecule has 2 radical (unpaired) electrons. The monoisotopic (exact) mass is 315 g/mol. The molecule has 114 valence electrons. The highest BCUT2D eigenvalue weighted by atomic mass is 28.2. The van der Waals surface area contributed by atoms with E-state index >= 15 is 0 Å². The van der Waals surface area contributed by atoms with Crippen molar-refractivity contribution in [3.8, 4) is 0 Å². The van der Waals surface area contributed by atoms with E-state index in [-0.39, 0.29) is 0 Å². The quantitative estimate of drug-likeness (QED) is 0.576. The second-order valence-electron chi connectivity index (χ2n) is 5.86. The molecule has 1 nitrogen and oxygen atoms in total. The first-order valence-corrected chi connectivity index (χ1v) is 9.08. The predicted molar refractivity (Wildman–Crippen MR) is 102 cm³/mol. The van der Waals surface area contributed by atoms with Gasteiger partial charge in [-0.3, -0.25) is 0 Å². The first-order chi connectivity index (χ1) is 11.2. The SMILES string of the molecule is CC(C)[Si]c1cccc(N(c2ccccc2)c2ccccc2)c1. The van der Waals surface area contributed by atoms with Crippen LogP contribution in [0.5, 0.6) is 0 Å². The molecule has 0 amide bonds. The van der Waals surface area contributed by atoms with E-state index in [0.29, 0.717) is 5.54 Å². The van der Waals surface area contributed by atoms with Gasteiger partial charge < -0.3 is 4.90 Å². The van der Waals surface area contributed by atoms with E-state index in [0.717, 1.165) is 9.52 Å². The predicted octanol–water partition coefficient (Wildman–Crippen LogP) is 5.31. The third-order valence-electron chi connectivity index (χ3n) is 3.59. The van der Waals surface area contributed by atoms with E-state index in [9.17, 15) is 0 Å². The zero-order chi connectivity index (χ0) is 16.1. The van der Waals surface area contributed by atoms with Crippen LogP contribution in [0.1, 0.15) is 13.8 Å². The van der Waals surface area contributed by atoms with Crippen molar-refractivity contribution in [2.45, 2.75) is 19.4 Å². The van der Waals surface area contributed by atoms with E-state index < -0.39 is 0 Å². The average Bonchev–Trinajstić information content (AvgIpc) is 2.57. The maximum absolute atomic E-state index is 2.32.